The summed E-state index contributed by atoms with van der Waals surface area (Å²) in [6.45, 7) is -1.44. The summed E-state index contributed by atoms with van der Waals surface area (Å²) in [5.74, 6) is -4.62. The van der Waals surface area contributed by atoms with Gasteiger partial charge in [-0.25, -0.2) is 28.8 Å². The van der Waals surface area contributed by atoms with Crippen molar-refractivity contribution in [2.45, 2.75) is 0 Å². The van der Waals surface area contributed by atoms with Crippen LogP contribution in [0.1, 0.15) is 62.1 Å². The summed E-state index contributed by atoms with van der Waals surface area (Å²) in [4.78, 5) is 66.5. The number of ether oxygens (including phenoxy) is 4. The van der Waals surface area contributed by atoms with E-state index in [0.717, 1.165) is 0 Å². The van der Waals surface area contributed by atoms with Gasteiger partial charge in [0.2, 0.25) is 0 Å². The smallest absolute Gasteiger partial charge is 0.338 e. The Morgan fingerprint density at radius 1 is 0.396 bits per heavy atom. The molecule has 0 atom stereocenters. The number of carbonyl (C=O) groups is 6. The molecule has 0 saturated heterocycles. The molecule has 0 heterocycles. The molecule has 258 valence electrons. The fraction of sp³-hybridized carbons (Fsp3) is 0.250. The minimum absolute atomic E-state index is 0.0833. The predicted molar refractivity (Wildman–Crippen MR) is 163 cm³/mol. The first-order valence-corrected chi connectivity index (χ1v) is 13.9. The maximum absolute atomic E-state index is 11.5. The second-order valence-electron chi connectivity index (χ2n) is 8.79. The Morgan fingerprint density at radius 2 is 0.625 bits per heavy atom. The SMILES string of the molecule is O=C(O)c1ccc(C(=O)O)cc1.O=C(OCCO)c1cccc(C(=O)OCCO)c1.O=C(OCCO)c1cccc(C(=O)OCCO)c1. The molecule has 3 aromatic rings. The van der Waals surface area contributed by atoms with Crippen molar-refractivity contribution in [3.05, 3.63) is 106 Å². The van der Waals surface area contributed by atoms with E-state index >= 15 is 0 Å². The van der Waals surface area contributed by atoms with Crippen LogP contribution in [0.5, 0.6) is 0 Å². The van der Waals surface area contributed by atoms with Crippen molar-refractivity contribution in [3.8, 4) is 0 Å². The summed E-state index contributed by atoms with van der Waals surface area (Å²) in [5, 5.41) is 51.0. The van der Waals surface area contributed by atoms with Gasteiger partial charge in [0.1, 0.15) is 26.4 Å². The molecule has 0 amide bonds. The van der Waals surface area contributed by atoms with Crippen LogP contribution < -0.4 is 0 Å². The highest BCUT2D eigenvalue weighted by Gasteiger charge is 2.13. The number of benzene rings is 3. The quantitative estimate of drug-likeness (QED) is 0.103. The Labute approximate surface area is 273 Å². The maximum atomic E-state index is 11.5. The van der Waals surface area contributed by atoms with Crippen molar-refractivity contribution in [1.82, 2.24) is 0 Å². The van der Waals surface area contributed by atoms with Gasteiger partial charge in [0.25, 0.3) is 0 Å². The molecule has 3 aromatic carbocycles. The fourth-order valence-electron chi connectivity index (χ4n) is 3.19. The molecule has 16 heteroatoms. The van der Waals surface area contributed by atoms with Crippen molar-refractivity contribution < 1.29 is 78.4 Å². The molecule has 0 aliphatic carbocycles. The molecule has 0 unspecified atom stereocenters. The van der Waals surface area contributed by atoms with Crippen LogP contribution >= 0.6 is 0 Å². The Morgan fingerprint density at radius 3 is 0.812 bits per heavy atom. The van der Waals surface area contributed by atoms with Crippen molar-refractivity contribution >= 4 is 35.8 Å². The van der Waals surface area contributed by atoms with Gasteiger partial charge in [-0.3, -0.25) is 0 Å². The second-order valence-corrected chi connectivity index (χ2v) is 8.79. The Bertz CT molecular complexity index is 1320. The van der Waals surface area contributed by atoms with Gasteiger partial charge in [-0.15, -0.1) is 0 Å². The number of carbonyl (C=O) groups excluding carboxylic acids is 4. The lowest BCUT2D eigenvalue weighted by Gasteiger charge is -2.05. The Hall–Kier alpha value is -5.68. The minimum atomic E-state index is -1.06. The van der Waals surface area contributed by atoms with Crippen LogP contribution in [0.4, 0.5) is 0 Å². The zero-order valence-corrected chi connectivity index (χ0v) is 25.4. The zero-order chi connectivity index (χ0) is 35.9. The van der Waals surface area contributed by atoms with Crippen LogP contribution in [-0.4, -0.2) is 119 Å². The van der Waals surface area contributed by atoms with Gasteiger partial charge in [-0.2, -0.15) is 0 Å². The third-order valence-corrected chi connectivity index (χ3v) is 5.34. The third kappa shape index (κ3) is 15.1. The van der Waals surface area contributed by atoms with E-state index in [-0.39, 0.29) is 86.2 Å². The van der Waals surface area contributed by atoms with E-state index in [1.165, 1.54) is 72.8 Å². The fourth-order valence-corrected chi connectivity index (χ4v) is 3.19. The van der Waals surface area contributed by atoms with Crippen LogP contribution in [0.25, 0.3) is 0 Å². The number of aromatic carboxylic acids is 2. The summed E-state index contributed by atoms with van der Waals surface area (Å²) < 4.78 is 18.8. The number of aliphatic hydroxyl groups excluding tert-OH is 4. The molecule has 0 spiro atoms. The van der Waals surface area contributed by atoms with E-state index in [4.69, 9.17) is 49.6 Å². The molecule has 0 bridgehead atoms. The topological polar surface area (TPSA) is 261 Å². The van der Waals surface area contributed by atoms with Crippen LogP contribution in [0.2, 0.25) is 0 Å². The Balaban J connectivity index is 0.000000368. The first kappa shape index (κ1) is 40.3. The molecule has 0 radical (unpaired) electrons. The number of esters is 4. The summed E-state index contributed by atoms with van der Waals surface area (Å²) in [6.07, 6.45) is 0. The molecule has 0 aromatic heterocycles. The number of hydrogen-bond acceptors (Lipinski definition) is 14. The van der Waals surface area contributed by atoms with E-state index in [1.54, 1.807) is 0 Å². The molecule has 3 rings (SSSR count). The Kier molecular flexibility index (Phi) is 19.1. The average molecular weight is 675 g/mol. The lowest BCUT2D eigenvalue weighted by atomic mass is 10.1. The van der Waals surface area contributed by atoms with Gasteiger partial charge in [0.15, 0.2) is 0 Å². The van der Waals surface area contributed by atoms with Crippen molar-refractivity contribution in [1.29, 1.82) is 0 Å². The van der Waals surface area contributed by atoms with E-state index in [0.29, 0.717) is 0 Å². The molecule has 16 nitrogen and oxygen atoms in total. The predicted octanol–water partition coefficient (Wildman–Crippen LogP) is 1.05. The van der Waals surface area contributed by atoms with Gasteiger partial charge >= 0.3 is 35.8 Å². The van der Waals surface area contributed by atoms with E-state index < -0.39 is 35.8 Å². The standard InChI is InChI=1S/2C12H14O6.C8H6O4/c2*13-4-6-17-11(15)9-2-1-3-10(8-9)12(16)18-7-5-14;9-7(10)5-1-2-6(4-3-5)8(11)12/h2*1-3,8,13-14H,4-7H2;1-4H,(H,9,10)(H,11,12). The third-order valence-electron chi connectivity index (χ3n) is 5.34. The summed E-state index contributed by atoms with van der Waals surface area (Å²) >= 11 is 0. The van der Waals surface area contributed by atoms with Gasteiger partial charge in [0.05, 0.1) is 59.8 Å². The van der Waals surface area contributed by atoms with E-state index in [9.17, 15) is 28.8 Å². The maximum Gasteiger partial charge on any atom is 0.338 e. The first-order valence-electron chi connectivity index (χ1n) is 13.9. The second kappa shape index (κ2) is 22.8. The van der Waals surface area contributed by atoms with Crippen molar-refractivity contribution in [2.75, 3.05) is 52.9 Å². The van der Waals surface area contributed by atoms with Gasteiger partial charge in [0, 0.05) is 0 Å². The van der Waals surface area contributed by atoms with Crippen molar-refractivity contribution in [3.63, 3.8) is 0 Å². The lowest BCUT2D eigenvalue weighted by Crippen LogP contribution is -2.12. The van der Waals surface area contributed by atoms with Crippen LogP contribution in [0, 0.1) is 0 Å². The number of carboxylic acid groups (broad SMARTS) is 2. The number of hydrogen-bond donors (Lipinski definition) is 6. The molecule has 48 heavy (non-hydrogen) atoms. The largest absolute Gasteiger partial charge is 0.478 e. The summed E-state index contributed by atoms with van der Waals surface area (Å²) in [7, 11) is 0. The number of aliphatic hydroxyl groups is 4. The highest BCUT2D eigenvalue weighted by atomic mass is 16.6. The first-order chi connectivity index (χ1) is 23.0. The molecule has 0 saturated carbocycles. The van der Waals surface area contributed by atoms with Gasteiger partial charge < -0.3 is 49.6 Å². The normalized spacial score (nSPS) is 9.75. The number of carboxylic acids is 2. The van der Waals surface area contributed by atoms with Crippen LogP contribution in [-0.2, 0) is 18.9 Å². The highest BCUT2D eigenvalue weighted by molar-refractivity contribution is 5.96. The summed E-state index contributed by atoms with van der Waals surface area (Å²) in [6, 6.07) is 16.7. The summed E-state index contributed by atoms with van der Waals surface area (Å²) in [5.41, 5.74) is 0.951. The van der Waals surface area contributed by atoms with Gasteiger partial charge in [-0.1, -0.05) is 12.1 Å². The molecule has 0 aliphatic heterocycles. The monoisotopic (exact) mass is 674 g/mol. The highest BCUT2D eigenvalue weighted by Crippen LogP contribution is 2.10. The van der Waals surface area contributed by atoms with Crippen LogP contribution in [0.15, 0.2) is 72.8 Å². The molecular formula is C32H34O16. The lowest BCUT2D eigenvalue weighted by molar-refractivity contribution is 0.0416. The minimum Gasteiger partial charge on any atom is -0.478 e. The van der Waals surface area contributed by atoms with Gasteiger partial charge in [-0.05, 0) is 60.7 Å². The molecule has 6 N–H and O–H groups in total. The molecule has 0 fully saturated rings. The number of rotatable bonds is 14. The average Bonchev–Trinajstić information content (AvgIpc) is 3.11. The zero-order valence-electron chi connectivity index (χ0n) is 25.4. The van der Waals surface area contributed by atoms with E-state index in [1.807, 2.05) is 0 Å². The molecular weight excluding hydrogens is 640 g/mol. The van der Waals surface area contributed by atoms with Crippen molar-refractivity contribution in [2.24, 2.45) is 0 Å². The molecule has 0 aliphatic rings. The van der Waals surface area contributed by atoms with Crippen LogP contribution in [0.3, 0.4) is 0 Å². The van der Waals surface area contributed by atoms with E-state index in [2.05, 4.69) is 0 Å².